The summed E-state index contributed by atoms with van der Waals surface area (Å²) in [6.07, 6.45) is 0.676. The lowest BCUT2D eigenvalue weighted by molar-refractivity contribution is 0.598. The number of sulfonamides is 1. The smallest absolute Gasteiger partial charge is 0.238 e. The molecule has 29 heavy (non-hydrogen) atoms. The third kappa shape index (κ3) is 4.42. The van der Waals surface area contributed by atoms with E-state index in [1.54, 1.807) is 24.3 Å². The van der Waals surface area contributed by atoms with E-state index in [2.05, 4.69) is 0 Å². The van der Waals surface area contributed by atoms with Crippen LogP contribution in [0.2, 0.25) is 0 Å². The van der Waals surface area contributed by atoms with Gasteiger partial charge in [-0.1, -0.05) is 42.5 Å². The number of nitrogens with two attached hydrogens (primary N) is 1. The molecule has 0 radical (unpaired) electrons. The van der Waals surface area contributed by atoms with Crippen molar-refractivity contribution < 1.29 is 12.8 Å². The molecule has 0 saturated carbocycles. The minimum atomic E-state index is -3.76. The van der Waals surface area contributed by atoms with Crippen molar-refractivity contribution >= 4 is 21.4 Å². The lowest BCUT2D eigenvalue weighted by Crippen LogP contribution is -2.11. The third-order valence-corrected chi connectivity index (χ3v) is 6.47. The highest BCUT2D eigenvalue weighted by Crippen LogP contribution is 2.38. The van der Waals surface area contributed by atoms with Crippen molar-refractivity contribution in [2.75, 3.05) is 0 Å². The Balaban J connectivity index is 1.79. The van der Waals surface area contributed by atoms with E-state index in [-0.39, 0.29) is 10.7 Å². The maximum atomic E-state index is 13.4. The molecule has 3 aromatic carbocycles. The second kappa shape index (κ2) is 7.87. The molecule has 0 unspecified atom stereocenters. The zero-order valence-electron chi connectivity index (χ0n) is 15.2. The van der Waals surface area contributed by atoms with Crippen molar-refractivity contribution in [3.8, 4) is 21.7 Å². The molecule has 0 aliphatic heterocycles. The van der Waals surface area contributed by atoms with Crippen LogP contribution in [0.4, 0.5) is 4.39 Å². The molecule has 1 heterocycles. The Labute approximate surface area is 172 Å². The molecule has 0 spiro atoms. The molecular formula is C22H17FN2O2S2. The number of halogens is 1. The van der Waals surface area contributed by atoms with Crippen LogP contribution in [0, 0.1) is 5.82 Å². The highest BCUT2D eigenvalue weighted by atomic mass is 32.2. The monoisotopic (exact) mass is 424 g/mol. The highest BCUT2D eigenvalue weighted by molar-refractivity contribution is 7.89. The summed E-state index contributed by atoms with van der Waals surface area (Å²) in [4.78, 5) is 5.75. The Morgan fingerprint density at radius 2 is 1.48 bits per heavy atom. The number of hydrogen-bond acceptors (Lipinski definition) is 4. The van der Waals surface area contributed by atoms with Gasteiger partial charge in [-0.2, -0.15) is 0 Å². The van der Waals surface area contributed by atoms with E-state index in [4.69, 9.17) is 10.1 Å². The van der Waals surface area contributed by atoms with Gasteiger partial charge in [-0.25, -0.2) is 22.9 Å². The summed E-state index contributed by atoms with van der Waals surface area (Å²) >= 11 is 1.53. The van der Waals surface area contributed by atoms with E-state index in [1.807, 2.05) is 30.3 Å². The fourth-order valence-electron chi connectivity index (χ4n) is 3.01. The van der Waals surface area contributed by atoms with Crippen molar-refractivity contribution in [2.45, 2.75) is 11.3 Å². The first kappa shape index (κ1) is 19.4. The Bertz CT molecular complexity index is 1230. The molecule has 0 aliphatic rings. The number of benzene rings is 3. The number of rotatable bonds is 5. The molecule has 0 atom stereocenters. The van der Waals surface area contributed by atoms with Gasteiger partial charge in [-0.05, 0) is 47.5 Å². The second-order valence-electron chi connectivity index (χ2n) is 6.52. The van der Waals surface area contributed by atoms with E-state index in [0.29, 0.717) is 6.42 Å². The van der Waals surface area contributed by atoms with Crippen molar-refractivity contribution in [2.24, 2.45) is 5.14 Å². The summed E-state index contributed by atoms with van der Waals surface area (Å²) in [5.74, 6) is -0.312. The largest absolute Gasteiger partial charge is 0.240 e. The summed E-state index contributed by atoms with van der Waals surface area (Å²) in [5.41, 5.74) is 3.51. The summed E-state index contributed by atoms with van der Waals surface area (Å²) in [7, 11) is -3.76. The number of hydrogen-bond donors (Lipinski definition) is 1. The predicted octanol–water partition coefficient (Wildman–Crippen LogP) is 4.85. The van der Waals surface area contributed by atoms with Crippen molar-refractivity contribution in [1.29, 1.82) is 0 Å². The zero-order valence-corrected chi connectivity index (χ0v) is 16.9. The van der Waals surface area contributed by atoms with Gasteiger partial charge in [0.25, 0.3) is 0 Å². The lowest BCUT2D eigenvalue weighted by atomic mass is 10.1. The second-order valence-corrected chi connectivity index (χ2v) is 9.17. The molecule has 0 fully saturated rings. The van der Waals surface area contributed by atoms with Gasteiger partial charge in [0.15, 0.2) is 0 Å². The molecule has 4 aromatic rings. The van der Waals surface area contributed by atoms with Crippen LogP contribution in [0.25, 0.3) is 21.7 Å². The van der Waals surface area contributed by atoms with E-state index in [9.17, 15) is 12.8 Å². The lowest BCUT2D eigenvalue weighted by Gasteiger charge is -2.04. The van der Waals surface area contributed by atoms with E-state index < -0.39 is 10.0 Å². The number of thiazole rings is 1. The Kier molecular flexibility index (Phi) is 5.27. The van der Waals surface area contributed by atoms with Crippen LogP contribution >= 0.6 is 11.3 Å². The molecule has 4 rings (SSSR count). The normalized spacial score (nSPS) is 11.5. The summed E-state index contributed by atoms with van der Waals surface area (Å²) in [5, 5.41) is 6.12. The topological polar surface area (TPSA) is 73.1 Å². The van der Waals surface area contributed by atoms with E-state index >= 15 is 0 Å². The van der Waals surface area contributed by atoms with Gasteiger partial charge in [0, 0.05) is 12.0 Å². The van der Waals surface area contributed by atoms with Crippen LogP contribution in [0.1, 0.15) is 10.6 Å². The molecule has 0 saturated heterocycles. The van der Waals surface area contributed by atoms with Gasteiger partial charge in [0.05, 0.1) is 20.5 Å². The zero-order chi connectivity index (χ0) is 20.4. The molecular weight excluding hydrogens is 407 g/mol. The minimum Gasteiger partial charge on any atom is -0.240 e. The van der Waals surface area contributed by atoms with Gasteiger partial charge in [-0.15, -0.1) is 11.3 Å². The molecule has 0 amide bonds. The molecule has 7 heteroatoms. The molecule has 0 bridgehead atoms. The third-order valence-electron chi connectivity index (χ3n) is 4.43. The Hall–Kier alpha value is -2.87. The molecule has 4 nitrogen and oxygen atoms in total. The molecule has 0 aliphatic carbocycles. The molecule has 2 N–H and O–H groups in total. The quantitative estimate of drug-likeness (QED) is 0.497. The fourth-order valence-corrected chi connectivity index (χ4v) is 4.65. The van der Waals surface area contributed by atoms with Gasteiger partial charge < -0.3 is 0 Å². The van der Waals surface area contributed by atoms with Crippen LogP contribution in [0.5, 0.6) is 0 Å². The average molecular weight is 425 g/mol. The average Bonchev–Trinajstić information content (AvgIpc) is 3.12. The predicted molar refractivity (Wildman–Crippen MR) is 114 cm³/mol. The first-order valence-electron chi connectivity index (χ1n) is 8.83. The minimum absolute atomic E-state index is 0.0543. The van der Waals surface area contributed by atoms with Gasteiger partial charge in [-0.3, -0.25) is 0 Å². The maximum Gasteiger partial charge on any atom is 0.238 e. The van der Waals surface area contributed by atoms with Crippen LogP contribution in [0.3, 0.4) is 0 Å². The van der Waals surface area contributed by atoms with Crippen molar-refractivity contribution in [3.05, 3.63) is 95.3 Å². The first-order chi connectivity index (χ1) is 13.9. The first-order valence-corrected chi connectivity index (χ1v) is 11.2. The SMILES string of the molecule is NS(=O)(=O)c1ccc(-c2sc(Cc3ccccc3)nc2-c2ccc(F)cc2)cc1. The summed E-state index contributed by atoms with van der Waals surface area (Å²) in [6.45, 7) is 0. The van der Waals surface area contributed by atoms with Gasteiger partial charge in [0.2, 0.25) is 10.0 Å². The summed E-state index contributed by atoms with van der Waals surface area (Å²) in [6, 6.07) is 22.6. The maximum absolute atomic E-state index is 13.4. The molecule has 146 valence electrons. The Morgan fingerprint density at radius 3 is 2.10 bits per heavy atom. The van der Waals surface area contributed by atoms with E-state index in [1.165, 1.54) is 35.6 Å². The van der Waals surface area contributed by atoms with Gasteiger partial charge >= 0.3 is 0 Å². The highest BCUT2D eigenvalue weighted by Gasteiger charge is 2.16. The Morgan fingerprint density at radius 1 is 0.862 bits per heavy atom. The fraction of sp³-hybridized carbons (Fsp3) is 0.0455. The van der Waals surface area contributed by atoms with Crippen molar-refractivity contribution in [1.82, 2.24) is 4.98 Å². The number of primary sulfonamides is 1. The number of nitrogens with zero attached hydrogens (tertiary/aromatic N) is 1. The van der Waals surface area contributed by atoms with Crippen LogP contribution < -0.4 is 5.14 Å². The summed E-state index contributed by atoms with van der Waals surface area (Å²) < 4.78 is 36.5. The van der Waals surface area contributed by atoms with Crippen LogP contribution in [-0.2, 0) is 16.4 Å². The standard InChI is InChI=1S/C22H17FN2O2S2/c23-18-10-6-16(7-11-18)21-22(17-8-12-19(13-9-17)29(24,26)27)28-20(25-21)14-15-4-2-1-3-5-15/h1-13H,14H2,(H2,24,26,27). The molecule has 1 aromatic heterocycles. The van der Waals surface area contributed by atoms with Gasteiger partial charge in [0.1, 0.15) is 5.82 Å². The van der Waals surface area contributed by atoms with Crippen molar-refractivity contribution in [3.63, 3.8) is 0 Å². The number of aromatic nitrogens is 1. The van der Waals surface area contributed by atoms with Crippen LogP contribution in [-0.4, -0.2) is 13.4 Å². The van der Waals surface area contributed by atoms with Crippen LogP contribution in [0.15, 0.2) is 83.8 Å². The van der Waals surface area contributed by atoms with E-state index in [0.717, 1.165) is 32.3 Å².